The molecule has 0 saturated carbocycles. The molecule has 94 valence electrons. The van der Waals surface area contributed by atoms with Crippen LogP contribution in [0.2, 0.25) is 0 Å². The second kappa shape index (κ2) is 6.86. The Hall–Kier alpha value is -0.610. The zero-order valence-corrected chi connectivity index (χ0v) is 10.5. The molecule has 0 aliphatic carbocycles. The van der Waals surface area contributed by atoms with Gasteiger partial charge in [0.05, 0.1) is 6.61 Å². The Kier molecular flexibility index (Phi) is 5.77. The minimum absolute atomic E-state index is 0.222. The van der Waals surface area contributed by atoms with Crippen molar-refractivity contribution in [2.24, 2.45) is 0 Å². The summed E-state index contributed by atoms with van der Waals surface area (Å²) in [6, 6.07) is 0.267. The molecule has 1 atom stereocenters. The van der Waals surface area contributed by atoms with E-state index in [0.29, 0.717) is 6.42 Å². The number of aliphatic hydroxyl groups is 1. The molecule has 16 heavy (non-hydrogen) atoms. The molecule has 0 bridgehead atoms. The molecule has 0 aromatic heterocycles. The summed E-state index contributed by atoms with van der Waals surface area (Å²) >= 11 is 0. The molecule has 1 heterocycles. The van der Waals surface area contributed by atoms with Crippen LogP contribution in [0, 0.1) is 0 Å². The molecule has 0 spiro atoms. The van der Waals surface area contributed by atoms with E-state index in [1.165, 1.54) is 0 Å². The van der Waals surface area contributed by atoms with Gasteiger partial charge in [0.1, 0.15) is 0 Å². The number of rotatable bonds is 5. The minimum atomic E-state index is 0.222. The van der Waals surface area contributed by atoms with E-state index in [9.17, 15) is 9.90 Å². The van der Waals surface area contributed by atoms with E-state index >= 15 is 0 Å². The number of nitrogens with zero attached hydrogens (tertiary/aromatic N) is 2. The van der Waals surface area contributed by atoms with Crippen molar-refractivity contribution in [1.29, 1.82) is 0 Å². The van der Waals surface area contributed by atoms with Crippen LogP contribution >= 0.6 is 0 Å². The molecule has 1 N–H and O–H groups in total. The molecular formula is C12H24N2O2. The average Bonchev–Trinajstić information content (AvgIpc) is 2.32. The van der Waals surface area contributed by atoms with Crippen molar-refractivity contribution in [3.63, 3.8) is 0 Å². The Morgan fingerprint density at radius 2 is 1.88 bits per heavy atom. The molecule has 1 fully saturated rings. The molecule has 4 nitrogen and oxygen atoms in total. The number of amides is 1. The highest BCUT2D eigenvalue weighted by Gasteiger charge is 2.24. The number of aliphatic hydroxyl groups excluding tert-OH is 1. The van der Waals surface area contributed by atoms with E-state index < -0.39 is 0 Å². The summed E-state index contributed by atoms with van der Waals surface area (Å²) in [5.74, 6) is 0.277. The van der Waals surface area contributed by atoms with Crippen molar-refractivity contribution < 1.29 is 9.90 Å². The maximum absolute atomic E-state index is 11.7. The normalized spacial score (nSPS) is 19.8. The zero-order chi connectivity index (χ0) is 12.0. The summed E-state index contributed by atoms with van der Waals surface area (Å²) < 4.78 is 0. The number of piperazine rings is 1. The van der Waals surface area contributed by atoms with Gasteiger partial charge >= 0.3 is 0 Å². The van der Waals surface area contributed by atoms with Gasteiger partial charge in [0.15, 0.2) is 0 Å². The van der Waals surface area contributed by atoms with Crippen LogP contribution in [0.1, 0.15) is 33.1 Å². The van der Waals surface area contributed by atoms with Crippen LogP contribution in [-0.2, 0) is 4.79 Å². The standard InChI is InChI=1S/C12H24N2O2/c1-3-5-12(16)14-8-6-13(7-9-14)11(4-2)10-15/h11,15H,3-10H2,1-2H3. The predicted molar refractivity (Wildman–Crippen MR) is 64.2 cm³/mol. The molecule has 1 rings (SSSR count). The van der Waals surface area contributed by atoms with Gasteiger partial charge in [-0.1, -0.05) is 13.8 Å². The van der Waals surface area contributed by atoms with E-state index in [1.54, 1.807) is 0 Å². The predicted octanol–water partition coefficient (Wildman–Crippen LogP) is 0.702. The molecule has 4 heteroatoms. The zero-order valence-electron chi connectivity index (χ0n) is 10.5. The average molecular weight is 228 g/mol. The lowest BCUT2D eigenvalue weighted by molar-refractivity contribution is -0.133. The van der Waals surface area contributed by atoms with Gasteiger partial charge in [0, 0.05) is 38.6 Å². The summed E-state index contributed by atoms with van der Waals surface area (Å²) in [4.78, 5) is 15.9. The highest BCUT2D eigenvalue weighted by Crippen LogP contribution is 2.10. The van der Waals surface area contributed by atoms with Crippen molar-refractivity contribution in [3.05, 3.63) is 0 Å². The first kappa shape index (κ1) is 13.5. The van der Waals surface area contributed by atoms with Crippen molar-refractivity contribution in [3.8, 4) is 0 Å². The molecule has 1 saturated heterocycles. The number of hydrogen-bond acceptors (Lipinski definition) is 3. The Morgan fingerprint density at radius 1 is 1.25 bits per heavy atom. The van der Waals surface area contributed by atoms with Gasteiger partial charge < -0.3 is 10.0 Å². The third kappa shape index (κ3) is 3.46. The molecule has 0 aromatic rings. The van der Waals surface area contributed by atoms with E-state index in [1.807, 2.05) is 11.8 Å². The Balaban J connectivity index is 2.35. The second-order valence-electron chi connectivity index (χ2n) is 4.41. The van der Waals surface area contributed by atoms with Crippen LogP contribution in [-0.4, -0.2) is 59.6 Å². The number of carbonyl (C=O) groups is 1. The van der Waals surface area contributed by atoms with Gasteiger partial charge in [-0.3, -0.25) is 9.69 Å². The fraction of sp³-hybridized carbons (Fsp3) is 0.917. The summed E-state index contributed by atoms with van der Waals surface area (Å²) in [6.07, 6.45) is 2.56. The highest BCUT2D eigenvalue weighted by atomic mass is 16.3. The topological polar surface area (TPSA) is 43.8 Å². The fourth-order valence-electron chi connectivity index (χ4n) is 2.21. The monoisotopic (exact) mass is 228 g/mol. The third-order valence-electron chi connectivity index (χ3n) is 3.33. The third-order valence-corrected chi connectivity index (χ3v) is 3.33. The van der Waals surface area contributed by atoms with Gasteiger partial charge in [0.2, 0.25) is 5.91 Å². The lowest BCUT2D eigenvalue weighted by atomic mass is 10.1. The van der Waals surface area contributed by atoms with Gasteiger partial charge in [-0.2, -0.15) is 0 Å². The first-order valence-electron chi connectivity index (χ1n) is 6.35. The fourth-order valence-corrected chi connectivity index (χ4v) is 2.21. The molecule has 1 amide bonds. The summed E-state index contributed by atoms with van der Waals surface area (Å²) in [7, 11) is 0. The van der Waals surface area contributed by atoms with Crippen molar-refractivity contribution >= 4 is 5.91 Å². The molecule has 1 unspecified atom stereocenters. The van der Waals surface area contributed by atoms with E-state index in [-0.39, 0.29) is 18.6 Å². The largest absolute Gasteiger partial charge is 0.395 e. The van der Waals surface area contributed by atoms with Gasteiger partial charge in [-0.25, -0.2) is 0 Å². The van der Waals surface area contributed by atoms with Crippen LogP contribution in [0.4, 0.5) is 0 Å². The van der Waals surface area contributed by atoms with Crippen LogP contribution in [0.25, 0.3) is 0 Å². The van der Waals surface area contributed by atoms with Crippen LogP contribution < -0.4 is 0 Å². The van der Waals surface area contributed by atoms with Crippen LogP contribution in [0.5, 0.6) is 0 Å². The quantitative estimate of drug-likeness (QED) is 0.753. The SMILES string of the molecule is CCCC(=O)N1CCN(C(CC)CO)CC1. The highest BCUT2D eigenvalue weighted by molar-refractivity contribution is 5.76. The van der Waals surface area contributed by atoms with Crippen molar-refractivity contribution in [1.82, 2.24) is 9.80 Å². The van der Waals surface area contributed by atoms with Crippen LogP contribution in [0.15, 0.2) is 0 Å². The molecule has 0 radical (unpaired) electrons. The molecule has 1 aliphatic heterocycles. The lowest BCUT2D eigenvalue weighted by Crippen LogP contribution is -2.52. The minimum Gasteiger partial charge on any atom is -0.395 e. The van der Waals surface area contributed by atoms with E-state index in [2.05, 4.69) is 11.8 Å². The first-order valence-corrected chi connectivity index (χ1v) is 6.35. The van der Waals surface area contributed by atoms with E-state index in [0.717, 1.165) is 39.0 Å². The molecular weight excluding hydrogens is 204 g/mol. The van der Waals surface area contributed by atoms with Gasteiger partial charge in [-0.05, 0) is 12.8 Å². The number of carbonyl (C=O) groups excluding carboxylic acids is 1. The summed E-state index contributed by atoms with van der Waals surface area (Å²) in [5, 5.41) is 9.22. The van der Waals surface area contributed by atoms with Crippen molar-refractivity contribution in [2.45, 2.75) is 39.2 Å². The van der Waals surface area contributed by atoms with Gasteiger partial charge in [0.25, 0.3) is 0 Å². The van der Waals surface area contributed by atoms with Crippen molar-refractivity contribution in [2.75, 3.05) is 32.8 Å². The Morgan fingerprint density at radius 3 is 2.31 bits per heavy atom. The van der Waals surface area contributed by atoms with Gasteiger partial charge in [-0.15, -0.1) is 0 Å². The second-order valence-corrected chi connectivity index (χ2v) is 4.41. The maximum atomic E-state index is 11.7. The Bertz CT molecular complexity index is 209. The lowest BCUT2D eigenvalue weighted by Gasteiger charge is -2.38. The van der Waals surface area contributed by atoms with E-state index in [4.69, 9.17) is 0 Å². The molecule has 1 aliphatic rings. The maximum Gasteiger partial charge on any atom is 0.222 e. The first-order chi connectivity index (χ1) is 7.72. The molecule has 0 aromatic carbocycles. The summed E-state index contributed by atoms with van der Waals surface area (Å²) in [5.41, 5.74) is 0. The Labute approximate surface area is 98.2 Å². The summed E-state index contributed by atoms with van der Waals surface area (Å²) in [6.45, 7) is 7.77. The van der Waals surface area contributed by atoms with Crippen LogP contribution in [0.3, 0.4) is 0 Å². The number of hydrogen-bond donors (Lipinski definition) is 1. The smallest absolute Gasteiger partial charge is 0.222 e.